The summed E-state index contributed by atoms with van der Waals surface area (Å²) in [5.41, 5.74) is 0.00613. The van der Waals surface area contributed by atoms with Crippen LogP contribution in [0.4, 0.5) is 0 Å². The van der Waals surface area contributed by atoms with Crippen LogP contribution in [0.15, 0.2) is 39.5 Å². The topological polar surface area (TPSA) is 70.7 Å². The molecule has 0 spiro atoms. The van der Waals surface area contributed by atoms with Gasteiger partial charge in [0.15, 0.2) is 0 Å². The van der Waals surface area contributed by atoms with E-state index in [4.69, 9.17) is 16.0 Å². The summed E-state index contributed by atoms with van der Waals surface area (Å²) in [6.07, 6.45) is 0. The highest BCUT2D eigenvalue weighted by Crippen LogP contribution is 2.31. The fourth-order valence-electron chi connectivity index (χ4n) is 1.95. The molecular weight excluding hydrogens is 256 g/mol. The van der Waals surface area contributed by atoms with E-state index in [2.05, 4.69) is 0 Å². The average molecular weight is 263 g/mol. The van der Waals surface area contributed by atoms with Crippen LogP contribution in [0.3, 0.4) is 0 Å². The van der Waals surface area contributed by atoms with Crippen LogP contribution >= 0.6 is 11.6 Å². The maximum absolute atomic E-state index is 12.3. The van der Waals surface area contributed by atoms with Crippen LogP contribution in [0, 0.1) is 0 Å². The number of phenols is 2. The summed E-state index contributed by atoms with van der Waals surface area (Å²) in [6.45, 7) is 0. The first-order chi connectivity index (χ1) is 8.58. The Morgan fingerprint density at radius 1 is 1.06 bits per heavy atom. The molecule has 4 nitrogen and oxygen atoms in total. The van der Waals surface area contributed by atoms with Crippen molar-refractivity contribution in [3.8, 4) is 11.5 Å². The number of phenolic OH excluding ortho intramolecular Hbond substituents is 2. The Balaban J connectivity index is 2.66. The van der Waals surface area contributed by atoms with Crippen molar-refractivity contribution in [3.05, 3.63) is 45.6 Å². The molecule has 0 aliphatic heterocycles. The monoisotopic (exact) mass is 262 g/mol. The molecular formula is C13H7ClO4. The molecule has 2 N–H and O–H groups in total. The molecule has 2 aromatic carbocycles. The molecule has 0 aliphatic rings. The van der Waals surface area contributed by atoms with E-state index < -0.39 is 5.43 Å². The largest absolute Gasteiger partial charge is 0.508 e. The van der Waals surface area contributed by atoms with E-state index in [0.717, 1.165) is 6.07 Å². The Labute approximate surface area is 106 Å². The normalized spacial score (nSPS) is 11.2. The Morgan fingerprint density at radius 2 is 1.83 bits per heavy atom. The minimum absolute atomic E-state index is 0.00778. The van der Waals surface area contributed by atoms with Gasteiger partial charge >= 0.3 is 0 Å². The summed E-state index contributed by atoms with van der Waals surface area (Å²) < 4.78 is 5.47. The molecule has 1 aromatic heterocycles. The number of fused-ring (bicyclic) bond motifs is 2. The first-order valence-electron chi connectivity index (χ1n) is 5.15. The standard InChI is InChI=1S/C13H7ClO4/c14-7-2-1-3-9-11(7)13(17)12-8(16)4-6(15)5-10(12)18-9/h1-5,15-16H. The van der Waals surface area contributed by atoms with E-state index in [9.17, 15) is 15.0 Å². The van der Waals surface area contributed by atoms with Crippen LogP contribution in [0.1, 0.15) is 0 Å². The predicted molar refractivity (Wildman–Crippen MR) is 68.3 cm³/mol. The molecule has 0 bridgehead atoms. The van der Waals surface area contributed by atoms with Crippen LogP contribution in [-0.2, 0) is 0 Å². The van der Waals surface area contributed by atoms with Gasteiger partial charge in [0.1, 0.15) is 28.1 Å². The van der Waals surface area contributed by atoms with Crippen molar-refractivity contribution in [2.24, 2.45) is 0 Å². The second-order valence-electron chi connectivity index (χ2n) is 3.88. The summed E-state index contributed by atoms with van der Waals surface area (Å²) in [7, 11) is 0. The van der Waals surface area contributed by atoms with Gasteiger partial charge in [-0.3, -0.25) is 4.79 Å². The predicted octanol–water partition coefficient (Wildman–Crippen LogP) is 3.01. The van der Waals surface area contributed by atoms with E-state index in [0.29, 0.717) is 5.58 Å². The van der Waals surface area contributed by atoms with Gasteiger partial charge in [-0.1, -0.05) is 17.7 Å². The number of rotatable bonds is 0. The third-order valence-corrected chi connectivity index (χ3v) is 3.03. The SMILES string of the molecule is O=c1c2c(O)cc(O)cc2oc2cccc(Cl)c12. The van der Waals surface area contributed by atoms with Crippen LogP contribution in [0.2, 0.25) is 5.02 Å². The molecule has 0 saturated heterocycles. The van der Waals surface area contributed by atoms with Crippen molar-refractivity contribution in [1.82, 2.24) is 0 Å². The van der Waals surface area contributed by atoms with Crippen molar-refractivity contribution in [1.29, 1.82) is 0 Å². The van der Waals surface area contributed by atoms with Crippen molar-refractivity contribution >= 4 is 33.5 Å². The lowest BCUT2D eigenvalue weighted by Gasteiger charge is -2.04. The quantitative estimate of drug-likeness (QED) is 0.611. The third kappa shape index (κ3) is 1.43. The highest BCUT2D eigenvalue weighted by molar-refractivity contribution is 6.35. The van der Waals surface area contributed by atoms with Crippen LogP contribution in [-0.4, -0.2) is 10.2 Å². The zero-order chi connectivity index (χ0) is 12.9. The second kappa shape index (κ2) is 3.65. The minimum atomic E-state index is -0.422. The van der Waals surface area contributed by atoms with Crippen molar-refractivity contribution in [2.45, 2.75) is 0 Å². The zero-order valence-corrected chi connectivity index (χ0v) is 9.73. The summed E-state index contributed by atoms with van der Waals surface area (Å²) >= 11 is 5.96. The van der Waals surface area contributed by atoms with Gasteiger partial charge in [0.05, 0.1) is 10.4 Å². The van der Waals surface area contributed by atoms with Gasteiger partial charge in [-0.25, -0.2) is 0 Å². The Morgan fingerprint density at radius 3 is 2.61 bits per heavy atom. The number of hydrogen-bond donors (Lipinski definition) is 2. The molecule has 90 valence electrons. The summed E-state index contributed by atoms with van der Waals surface area (Å²) in [5, 5.41) is 19.6. The van der Waals surface area contributed by atoms with Gasteiger partial charge in [0, 0.05) is 12.1 Å². The maximum atomic E-state index is 12.3. The number of halogens is 1. The molecule has 18 heavy (non-hydrogen) atoms. The molecule has 3 aromatic rings. The molecule has 5 heteroatoms. The van der Waals surface area contributed by atoms with E-state index in [1.807, 2.05) is 0 Å². The Bertz CT molecular complexity index is 836. The van der Waals surface area contributed by atoms with Gasteiger partial charge in [-0.15, -0.1) is 0 Å². The van der Waals surface area contributed by atoms with Gasteiger partial charge in [0.25, 0.3) is 0 Å². The molecule has 0 radical (unpaired) electrons. The lowest BCUT2D eigenvalue weighted by Crippen LogP contribution is -2.02. The minimum Gasteiger partial charge on any atom is -0.508 e. The van der Waals surface area contributed by atoms with Crippen LogP contribution < -0.4 is 5.43 Å². The molecule has 0 amide bonds. The molecule has 3 rings (SSSR count). The van der Waals surface area contributed by atoms with Crippen LogP contribution in [0.25, 0.3) is 21.9 Å². The highest BCUT2D eigenvalue weighted by atomic mass is 35.5. The summed E-state index contributed by atoms with van der Waals surface area (Å²) in [5.74, 6) is -0.509. The molecule has 0 fully saturated rings. The van der Waals surface area contributed by atoms with Gasteiger partial charge in [-0.2, -0.15) is 0 Å². The van der Waals surface area contributed by atoms with E-state index >= 15 is 0 Å². The fraction of sp³-hybridized carbons (Fsp3) is 0. The van der Waals surface area contributed by atoms with Crippen molar-refractivity contribution in [3.63, 3.8) is 0 Å². The number of aromatic hydroxyl groups is 2. The lowest BCUT2D eigenvalue weighted by atomic mass is 10.1. The van der Waals surface area contributed by atoms with E-state index in [1.165, 1.54) is 6.07 Å². The molecule has 0 unspecified atom stereocenters. The van der Waals surface area contributed by atoms with Gasteiger partial charge in [-0.05, 0) is 12.1 Å². The molecule has 0 atom stereocenters. The third-order valence-electron chi connectivity index (χ3n) is 2.72. The van der Waals surface area contributed by atoms with Crippen molar-refractivity contribution in [2.75, 3.05) is 0 Å². The average Bonchev–Trinajstić information content (AvgIpc) is 2.27. The zero-order valence-electron chi connectivity index (χ0n) is 8.98. The number of benzene rings is 2. The number of hydrogen-bond acceptors (Lipinski definition) is 4. The first kappa shape index (κ1) is 10.9. The summed E-state index contributed by atoms with van der Waals surface area (Å²) in [4.78, 5) is 12.3. The second-order valence-corrected chi connectivity index (χ2v) is 4.29. The van der Waals surface area contributed by atoms with Crippen molar-refractivity contribution < 1.29 is 14.6 Å². The molecule has 0 aliphatic carbocycles. The Hall–Kier alpha value is -2.20. The molecule has 1 heterocycles. The first-order valence-corrected chi connectivity index (χ1v) is 5.53. The van der Waals surface area contributed by atoms with Crippen LogP contribution in [0.5, 0.6) is 11.5 Å². The lowest BCUT2D eigenvalue weighted by molar-refractivity contribution is 0.453. The van der Waals surface area contributed by atoms with E-state index in [1.54, 1.807) is 18.2 Å². The molecule has 0 saturated carbocycles. The fourth-order valence-corrected chi connectivity index (χ4v) is 2.20. The highest BCUT2D eigenvalue weighted by Gasteiger charge is 2.14. The summed E-state index contributed by atoms with van der Waals surface area (Å²) in [6, 6.07) is 7.19. The smallest absolute Gasteiger partial charge is 0.205 e. The van der Waals surface area contributed by atoms with Gasteiger partial charge < -0.3 is 14.6 Å². The maximum Gasteiger partial charge on any atom is 0.205 e. The Kier molecular flexibility index (Phi) is 2.21. The van der Waals surface area contributed by atoms with Gasteiger partial charge in [0.2, 0.25) is 5.43 Å². The van der Waals surface area contributed by atoms with E-state index in [-0.39, 0.29) is 32.9 Å².